The third kappa shape index (κ3) is 6.48. The van der Waals surface area contributed by atoms with Crippen molar-refractivity contribution in [2.45, 2.75) is 38.8 Å². The Labute approximate surface area is 239 Å². The molecule has 42 heavy (non-hydrogen) atoms. The van der Waals surface area contributed by atoms with Crippen LogP contribution in [0.1, 0.15) is 26.2 Å². The van der Waals surface area contributed by atoms with Crippen molar-refractivity contribution in [2.75, 3.05) is 30.4 Å². The lowest BCUT2D eigenvalue weighted by Crippen LogP contribution is -2.46. The maximum Gasteiger partial charge on any atom is 0.407 e. The second kappa shape index (κ2) is 12.7. The van der Waals surface area contributed by atoms with Crippen LogP contribution in [0, 0.1) is 11.6 Å². The monoisotopic (exact) mass is 581 g/mol. The molecule has 1 aliphatic heterocycles. The van der Waals surface area contributed by atoms with Crippen molar-refractivity contribution in [1.29, 1.82) is 0 Å². The molecule has 0 spiro atoms. The minimum atomic E-state index is -1.14. The van der Waals surface area contributed by atoms with Crippen molar-refractivity contribution in [3.63, 3.8) is 0 Å². The lowest BCUT2D eigenvalue weighted by Gasteiger charge is -2.33. The molecule has 2 amide bonds. The van der Waals surface area contributed by atoms with Crippen LogP contribution in [0.3, 0.4) is 0 Å². The number of carbonyl (C=O) groups excluding carboxylic acids is 1. The molecule has 0 aliphatic carbocycles. The number of nitrogens with one attached hydrogen (secondary N) is 2. The van der Waals surface area contributed by atoms with Crippen LogP contribution in [0.2, 0.25) is 0 Å². The molecular weight excluding hydrogens is 552 g/mol. The molecule has 1 atom stereocenters. The molecule has 0 unspecified atom stereocenters. The van der Waals surface area contributed by atoms with Crippen LogP contribution in [-0.2, 0) is 11.3 Å². The van der Waals surface area contributed by atoms with Gasteiger partial charge in [-0.3, -0.25) is 9.48 Å². The van der Waals surface area contributed by atoms with Gasteiger partial charge in [0.05, 0.1) is 41.1 Å². The second-order valence-corrected chi connectivity index (χ2v) is 9.61. The molecule has 3 heterocycles. The number of carboxylic acid groups (broad SMARTS) is 1. The van der Waals surface area contributed by atoms with E-state index in [-0.39, 0.29) is 24.9 Å². The first kappa shape index (κ1) is 28.5. The summed E-state index contributed by atoms with van der Waals surface area (Å²) in [6, 6.07) is 6.69. The van der Waals surface area contributed by atoms with Crippen LogP contribution >= 0.6 is 0 Å². The van der Waals surface area contributed by atoms with Gasteiger partial charge < -0.3 is 30.1 Å². The number of ether oxygens (including phenoxy) is 2. The van der Waals surface area contributed by atoms with Crippen molar-refractivity contribution >= 4 is 40.1 Å². The minimum absolute atomic E-state index is 0.143. The van der Waals surface area contributed by atoms with Gasteiger partial charge >= 0.3 is 6.09 Å². The molecule has 1 fully saturated rings. The fourth-order valence-corrected chi connectivity index (χ4v) is 4.79. The van der Waals surface area contributed by atoms with Gasteiger partial charge in [0.1, 0.15) is 36.8 Å². The molecule has 3 N–H and O–H groups in total. The number of hydrogen-bond donors (Lipinski definition) is 3. The molecular formula is C28H29F2N7O5. The fraction of sp³-hybridized carbons (Fsp3) is 0.321. The summed E-state index contributed by atoms with van der Waals surface area (Å²) in [6.07, 6.45) is 5.84. The Balaban J connectivity index is 1.35. The fourth-order valence-electron chi connectivity index (χ4n) is 4.79. The number of rotatable bonds is 10. The van der Waals surface area contributed by atoms with Crippen LogP contribution in [0.5, 0.6) is 11.5 Å². The number of aromatic nitrogens is 4. The Kier molecular flexibility index (Phi) is 8.60. The van der Waals surface area contributed by atoms with E-state index in [0.29, 0.717) is 53.5 Å². The van der Waals surface area contributed by atoms with Gasteiger partial charge in [-0.05, 0) is 38.3 Å². The standard InChI is InChI=1S/C28H29F2N7O5/c1-2-41-19-10-22-25(23(11-19)42-15-18-6-3-4-9-37(18)28(39)40)27(32-16-31-22)34-17-12-33-36(13-17)14-24(38)35-21-8-5-7-20(29)26(21)30/h5,7-8,10-13,16,18H,2-4,6,9,14-15H2,1H3,(H,35,38)(H,39,40)(H,31,32,34)/t18-/m1/s1. The summed E-state index contributed by atoms with van der Waals surface area (Å²) < 4.78 is 40.6. The maximum atomic E-state index is 13.9. The highest BCUT2D eigenvalue weighted by atomic mass is 19.2. The Morgan fingerprint density at radius 1 is 1.17 bits per heavy atom. The lowest BCUT2D eigenvalue weighted by atomic mass is 10.0. The van der Waals surface area contributed by atoms with E-state index in [9.17, 15) is 23.5 Å². The third-order valence-electron chi connectivity index (χ3n) is 6.72. The molecule has 0 radical (unpaired) electrons. The average Bonchev–Trinajstić information content (AvgIpc) is 3.40. The first-order valence-electron chi connectivity index (χ1n) is 13.4. The number of nitrogens with zero attached hydrogens (tertiary/aromatic N) is 5. The van der Waals surface area contributed by atoms with Crippen molar-refractivity contribution in [3.8, 4) is 11.5 Å². The molecule has 0 bridgehead atoms. The van der Waals surface area contributed by atoms with E-state index in [4.69, 9.17) is 9.47 Å². The Morgan fingerprint density at radius 3 is 2.83 bits per heavy atom. The quantitative estimate of drug-likeness (QED) is 0.241. The summed E-state index contributed by atoms with van der Waals surface area (Å²) in [5.41, 5.74) is 0.761. The smallest absolute Gasteiger partial charge is 0.407 e. The largest absolute Gasteiger partial charge is 0.494 e. The van der Waals surface area contributed by atoms with Gasteiger partial charge in [-0.25, -0.2) is 23.5 Å². The topological polar surface area (TPSA) is 144 Å². The average molecular weight is 582 g/mol. The van der Waals surface area contributed by atoms with Gasteiger partial charge in [-0.2, -0.15) is 5.10 Å². The molecule has 4 aromatic rings. The van der Waals surface area contributed by atoms with Gasteiger partial charge in [0.25, 0.3) is 0 Å². The maximum absolute atomic E-state index is 13.9. The van der Waals surface area contributed by atoms with E-state index in [2.05, 4.69) is 25.7 Å². The number of anilines is 3. The zero-order valence-corrected chi connectivity index (χ0v) is 22.7. The van der Waals surface area contributed by atoms with E-state index in [1.54, 1.807) is 18.3 Å². The number of halogens is 2. The highest BCUT2D eigenvalue weighted by molar-refractivity contribution is 5.96. The SMILES string of the molecule is CCOc1cc(OC[C@H]2CCCCN2C(=O)O)c2c(Nc3cnn(CC(=O)Nc4cccc(F)c4F)c3)ncnc2c1. The van der Waals surface area contributed by atoms with Gasteiger partial charge in [-0.15, -0.1) is 0 Å². The van der Waals surface area contributed by atoms with E-state index in [1.165, 1.54) is 34.2 Å². The Hall–Kier alpha value is -5.01. The van der Waals surface area contributed by atoms with Crippen LogP contribution in [0.4, 0.5) is 30.8 Å². The van der Waals surface area contributed by atoms with Gasteiger partial charge in [0, 0.05) is 24.9 Å². The summed E-state index contributed by atoms with van der Waals surface area (Å²) in [7, 11) is 0. The van der Waals surface area contributed by atoms with Crippen molar-refractivity contribution in [2.24, 2.45) is 0 Å². The van der Waals surface area contributed by atoms with Gasteiger partial charge in [-0.1, -0.05) is 6.07 Å². The summed E-state index contributed by atoms with van der Waals surface area (Å²) in [5, 5.41) is 19.8. The number of hydrogen-bond acceptors (Lipinski definition) is 8. The van der Waals surface area contributed by atoms with Gasteiger partial charge in [0.15, 0.2) is 11.6 Å². The van der Waals surface area contributed by atoms with Crippen molar-refractivity contribution in [3.05, 3.63) is 60.7 Å². The molecule has 0 saturated carbocycles. The molecule has 1 aliphatic rings. The summed E-state index contributed by atoms with van der Waals surface area (Å²) in [6.45, 7) is 2.63. The predicted octanol–water partition coefficient (Wildman–Crippen LogP) is 4.80. The third-order valence-corrected chi connectivity index (χ3v) is 6.72. The van der Waals surface area contributed by atoms with E-state index >= 15 is 0 Å². The Bertz CT molecular complexity index is 1600. The Morgan fingerprint density at radius 2 is 2.02 bits per heavy atom. The van der Waals surface area contributed by atoms with E-state index in [0.717, 1.165) is 18.9 Å². The molecule has 2 aromatic carbocycles. The number of piperidine rings is 1. The predicted molar refractivity (Wildman–Crippen MR) is 149 cm³/mol. The lowest BCUT2D eigenvalue weighted by molar-refractivity contribution is -0.116. The number of carbonyl (C=O) groups is 2. The highest BCUT2D eigenvalue weighted by Gasteiger charge is 2.27. The summed E-state index contributed by atoms with van der Waals surface area (Å²) >= 11 is 0. The zero-order chi connectivity index (χ0) is 29.6. The number of fused-ring (bicyclic) bond motifs is 1. The molecule has 2 aromatic heterocycles. The molecule has 220 valence electrons. The van der Waals surface area contributed by atoms with Crippen LogP contribution in [-0.4, -0.2) is 67.6 Å². The van der Waals surface area contributed by atoms with Crippen LogP contribution in [0.25, 0.3) is 10.9 Å². The van der Waals surface area contributed by atoms with Gasteiger partial charge in [0.2, 0.25) is 5.91 Å². The van der Waals surface area contributed by atoms with Crippen LogP contribution in [0.15, 0.2) is 49.1 Å². The summed E-state index contributed by atoms with van der Waals surface area (Å²) in [4.78, 5) is 34.3. The molecule has 5 rings (SSSR count). The van der Waals surface area contributed by atoms with Crippen molar-refractivity contribution in [1.82, 2.24) is 24.6 Å². The molecule has 12 nitrogen and oxygen atoms in total. The van der Waals surface area contributed by atoms with E-state index in [1.807, 2.05) is 6.92 Å². The molecule has 14 heteroatoms. The normalized spacial score (nSPS) is 14.9. The second-order valence-electron chi connectivity index (χ2n) is 9.61. The highest BCUT2D eigenvalue weighted by Crippen LogP contribution is 2.36. The van der Waals surface area contributed by atoms with Crippen LogP contribution < -0.4 is 20.1 Å². The number of likely N-dealkylation sites (tertiary alicyclic amines) is 1. The summed E-state index contributed by atoms with van der Waals surface area (Å²) in [5.74, 6) is -1.46. The first-order chi connectivity index (χ1) is 20.3. The number of benzene rings is 2. The molecule has 1 saturated heterocycles. The van der Waals surface area contributed by atoms with E-state index < -0.39 is 23.6 Å². The number of amides is 2. The first-order valence-corrected chi connectivity index (χ1v) is 13.4. The minimum Gasteiger partial charge on any atom is -0.494 e. The van der Waals surface area contributed by atoms with Crippen molar-refractivity contribution < 1.29 is 33.0 Å². The zero-order valence-electron chi connectivity index (χ0n) is 22.7.